The number of likely N-dealkylation sites (N-methyl/N-ethyl adjacent to an activating group) is 2. The molecule has 0 aromatic heterocycles. The van der Waals surface area contributed by atoms with Crippen molar-refractivity contribution in [1.29, 1.82) is 0 Å². The highest BCUT2D eigenvalue weighted by Crippen LogP contribution is 2.16. The van der Waals surface area contributed by atoms with Crippen molar-refractivity contribution in [1.82, 2.24) is 9.80 Å². The van der Waals surface area contributed by atoms with Crippen molar-refractivity contribution in [3.63, 3.8) is 0 Å². The Bertz CT molecular complexity index is 123. The van der Waals surface area contributed by atoms with Gasteiger partial charge < -0.3 is 4.90 Å². The minimum Gasteiger partial charge on any atom is -0.308 e. The van der Waals surface area contributed by atoms with Crippen molar-refractivity contribution < 1.29 is 0 Å². The first-order chi connectivity index (χ1) is 5.74. The van der Waals surface area contributed by atoms with Gasteiger partial charge in [0, 0.05) is 12.6 Å². The highest BCUT2D eigenvalue weighted by Gasteiger charge is 2.20. The third-order valence-electron chi connectivity index (χ3n) is 2.73. The zero-order valence-corrected chi connectivity index (χ0v) is 8.71. The second-order valence-electron chi connectivity index (χ2n) is 4.04. The van der Waals surface area contributed by atoms with Gasteiger partial charge in [-0.3, -0.25) is 4.90 Å². The summed E-state index contributed by atoms with van der Waals surface area (Å²) in [4.78, 5) is 4.92. The van der Waals surface area contributed by atoms with E-state index in [0.29, 0.717) is 0 Å². The van der Waals surface area contributed by atoms with Crippen molar-refractivity contribution in [2.75, 3.05) is 33.7 Å². The molecule has 0 saturated carbocycles. The topological polar surface area (TPSA) is 6.48 Å². The highest BCUT2D eigenvalue weighted by molar-refractivity contribution is 4.77. The van der Waals surface area contributed by atoms with Crippen molar-refractivity contribution in [2.24, 2.45) is 0 Å². The fraction of sp³-hybridized carbons (Fsp3) is 1.00. The lowest BCUT2D eigenvalue weighted by Crippen LogP contribution is -2.44. The lowest BCUT2D eigenvalue weighted by Gasteiger charge is -2.36. The third kappa shape index (κ3) is 2.76. The third-order valence-corrected chi connectivity index (χ3v) is 2.73. The van der Waals surface area contributed by atoms with Crippen LogP contribution >= 0.6 is 0 Å². The minimum atomic E-state index is 0.818. The second kappa shape index (κ2) is 4.83. The number of nitrogens with zero attached hydrogens (tertiary/aromatic N) is 2. The standard InChI is InChI=1S/C10H22N2/c1-4-12-8-6-5-7-10(12)9-11(2)3/h10H,4-9H2,1-3H3. The Balaban J connectivity index is 2.36. The fourth-order valence-corrected chi connectivity index (χ4v) is 2.10. The average molecular weight is 170 g/mol. The summed E-state index contributed by atoms with van der Waals surface area (Å²) in [6.45, 7) is 6.04. The maximum atomic E-state index is 2.61. The normalized spacial score (nSPS) is 26.5. The Morgan fingerprint density at radius 3 is 2.67 bits per heavy atom. The Hall–Kier alpha value is -0.0800. The van der Waals surface area contributed by atoms with E-state index in [0.717, 1.165) is 6.04 Å². The molecule has 1 rings (SSSR count). The molecule has 1 unspecified atom stereocenters. The van der Waals surface area contributed by atoms with Gasteiger partial charge in [0.05, 0.1) is 0 Å². The molecular weight excluding hydrogens is 148 g/mol. The average Bonchev–Trinajstić information content (AvgIpc) is 2.04. The van der Waals surface area contributed by atoms with Crippen LogP contribution in [0.3, 0.4) is 0 Å². The molecule has 1 aliphatic heterocycles. The fourth-order valence-electron chi connectivity index (χ4n) is 2.10. The van der Waals surface area contributed by atoms with Crippen molar-refractivity contribution in [3.05, 3.63) is 0 Å². The molecule has 1 saturated heterocycles. The van der Waals surface area contributed by atoms with E-state index in [2.05, 4.69) is 30.8 Å². The molecule has 1 atom stereocenters. The van der Waals surface area contributed by atoms with Gasteiger partial charge in [0.1, 0.15) is 0 Å². The van der Waals surface area contributed by atoms with Crippen LogP contribution in [0, 0.1) is 0 Å². The van der Waals surface area contributed by atoms with Gasteiger partial charge >= 0.3 is 0 Å². The summed E-state index contributed by atoms with van der Waals surface area (Å²) >= 11 is 0. The van der Waals surface area contributed by atoms with Crippen LogP contribution in [-0.2, 0) is 0 Å². The molecule has 1 heterocycles. The first-order valence-electron chi connectivity index (χ1n) is 5.12. The van der Waals surface area contributed by atoms with Gasteiger partial charge in [-0.2, -0.15) is 0 Å². The van der Waals surface area contributed by atoms with Crippen molar-refractivity contribution in [2.45, 2.75) is 32.2 Å². The van der Waals surface area contributed by atoms with E-state index in [1.54, 1.807) is 0 Å². The Morgan fingerprint density at radius 1 is 1.33 bits per heavy atom. The maximum Gasteiger partial charge on any atom is 0.0222 e. The number of hydrogen-bond acceptors (Lipinski definition) is 2. The van der Waals surface area contributed by atoms with Gasteiger partial charge in [-0.1, -0.05) is 13.3 Å². The van der Waals surface area contributed by atoms with E-state index in [-0.39, 0.29) is 0 Å². The first-order valence-corrected chi connectivity index (χ1v) is 5.12. The smallest absolute Gasteiger partial charge is 0.0222 e. The summed E-state index contributed by atoms with van der Waals surface area (Å²) in [7, 11) is 4.34. The van der Waals surface area contributed by atoms with Gasteiger partial charge in [-0.05, 0) is 40.0 Å². The van der Waals surface area contributed by atoms with Gasteiger partial charge in [0.15, 0.2) is 0 Å². The van der Waals surface area contributed by atoms with Crippen molar-refractivity contribution in [3.8, 4) is 0 Å². The zero-order valence-electron chi connectivity index (χ0n) is 8.71. The summed E-state index contributed by atoms with van der Waals surface area (Å²) in [6.07, 6.45) is 4.22. The van der Waals surface area contributed by atoms with Gasteiger partial charge in [0.2, 0.25) is 0 Å². The van der Waals surface area contributed by atoms with Gasteiger partial charge in [-0.25, -0.2) is 0 Å². The SMILES string of the molecule is CCN1CCCCC1CN(C)C. The summed E-state index contributed by atoms with van der Waals surface area (Å²) in [5.41, 5.74) is 0. The van der Waals surface area contributed by atoms with E-state index in [1.165, 1.54) is 38.9 Å². The van der Waals surface area contributed by atoms with Crippen LogP contribution in [0.15, 0.2) is 0 Å². The molecule has 0 amide bonds. The first kappa shape index (κ1) is 10.0. The maximum absolute atomic E-state index is 2.61. The lowest BCUT2D eigenvalue weighted by molar-refractivity contribution is 0.128. The number of piperidine rings is 1. The van der Waals surface area contributed by atoms with E-state index >= 15 is 0 Å². The molecule has 0 aromatic rings. The minimum absolute atomic E-state index is 0.818. The summed E-state index contributed by atoms with van der Waals surface area (Å²) in [5.74, 6) is 0. The predicted octanol–water partition coefficient (Wildman–Crippen LogP) is 1.42. The van der Waals surface area contributed by atoms with Crippen LogP contribution in [-0.4, -0.2) is 49.6 Å². The molecule has 1 aliphatic rings. The number of likely N-dealkylation sites (tertiary alicyclic amines) is 1. The molecule has 0 spiro atoms. The van der Waals surface area contributed by atoms with Crippen molar-refractivity contribution >= 4 is 0 Å². The molecule has 0 aromatic carbocycles. The largest absolute Gasteiger partial charge is 0.308 e. The van der Waals surface area contributed by atoms with Crippen LogP contribution in [0.5, 0.6) is 0 Å². The summed E-state index contributed by atoms with van der Waals surface area (Å²) < 4.78 is 0. The number of hydrogen-bond donors (Lipinski definition) is 0. The second-order valence-corrected chi connectivity index (χ2v) is 4.04. The molecule has 0 N–H and O–H groups in total. The lowest BCUT2D eigenvalue weighted by atomic mass is 10.0. The van der Waals surface area contributed by atoms with E-state index in [4.69, 9.17) is 0 Å². The number of rotatable bonds is 3. The van der Waals surface area contributed by atoms with Crippen LogP contribution < -0.4 is 0 Å². The summed E-state index contributed by atoms with van der Waals surface area (Å²) in [6, 6.07) is 0.818. The monoisotopic (exact) mass is 170 g/mol. The van der Waals surface area contributed by atoms with Crippen LogP contribution in [0.25, 0.3) is 0 Å². The molecule has 0 bridgehead atoms. The molecular formula is C10H22N2. The molecule has 2 nitrogen and oxygen atoms in total. The predicted molar refractivity (Wildman–Crippen MR) is 53.4 cm³/mol. The van der Waals surface area contributed by atoms with Crippen LogP contribution in [0.4, 0.5) is 0 Å². The van der Waals surface area contributed by atoms with Crippen LogP contribution in [0.1, 0.15) is 26.2 Å². The van der Waals surface area contributed by atoms with E-state index in [9.17, 15) is 0 Å². The molecule has 1 fully saturated rings. The molecule has 12 heavy (non-hydrogen) atoms. The van der Waals surface area contributed by atoms with Gasteiger partial charge in [-0.15, -0.1) is 0 Å². The Morgan fingerprint density at radius 2 is 2.08 bits per heavy atom. The molecule has 0 aliphatic carbocycles. The van der Waals surface area contributed by atoms with E-state index < -0.39 is 0 Å². The summed E-state index contributed by atoms with van der Waals surface area (Å²) in [5, 5.41) is 0. The Kier molecular flexibility index (Phi) is 4.02. The van der Waals surface area contributed by atoms with Crippen LogP contribution in [0.2, 0.25) is 0 Å². The highest BCUT2D eigenvalue weighted by atomic mass is 15.2. The Labute approximate surface area is 76.5 Å². The molecule has 72 valence electrons. The quantitative estimate of drug-likeness (QED) is 0.632. The zero-order chi connectivity index (χ0) is 8.97. The molecule has 2 heteroatoms. The molecule has 0 radical (unpaired) electrons. The van der Waals surface area contributed by atoms with Gasteiger partial charge in [0.25, 0.3) is 0 Å². The van der Waals surface area contributed by atoms with E-state index in [1.807, 2.05) is 0 Å².